The summed E-state index contributed by atoms with van der Waals surface area (Å²) < 4.78 is 5.37. The average molecular weight is 276 g/mol. The highest BCUT2D eigenvalue weighted by Crippen LogP contribution is 2.23. The van der Waals surface area contributed by atoms with E-state index in [0.29, 0.717) is 0 Å². The molecule has 1 unspecified atom stereocenters. The van der Waals surface area contributed by atoms with Crippen LogP contribution in [0.15, 0.2) is 30.3 Å². The summed E-state index contributed by atoms with van der Waals surface area (Å²) in [6, 6.07) is 10.1. The summed E-state index contributed by atoms with van der Waals surface area (Å²) in [5.74, 6) is 0. The van der Waals surface area contributed by atoms with E-state index in [1.54, 1.807) is 0 Å². The third kappa shape index (κ3) is 4.23. The fraction of sp³-hybridized carbons (Fsp3) is 0.562. The molecule has 1 atom stereocenters. The van der Waals surface area contributed by atoms with E-state index in [4.69, 9.17) is 4.74 Å². The van der Waals surface area contributed by atoms with Gasteiger partial charge in [0.15, 0.2) is 0 Å². The van der Waals surface area contributed by atoms with Crippen molar-refractivity contribution >= 4 is 6.09 Å². The fourth-order valence-corrected chi connectivity index (χ4v) is 2.44. The molecule has 1 N–H and O–H groups in total. The number of ether oxygens (including phenoxy) is 1. The molecular weight excluding hydrogens is 252 g/mol. The second kappa shape index (κ2) is 6.27. The average Bonchev–Trinajstić information content (AvgIpc) is 2.88. The molecule has 1 saturated heterocycles. The number of rotatable bonds is 3. The number of nitrogens with zero attached hydrogens (tertiary/aromatic N) is 1. The van der Waals surface area contributed by atoms with Gasteiger partial charge in [-0.2, -0.15) is 0 Å². The summed E-state index contributed by atoms with van der Waals surface area (Å²) in [5, 5.41) is 3.00. The highest BCUT2D eigenvalue weighted by molar-refractivity contribution is 5.68. The van der Waals surface area contributed by atoms with Gasteiger partial charge in [-0.05, 0) is 39.2 Å². The normalized spacial score (nSPS) is 17.8. The first-order valence-electron chi connectivity index (χ1n) is 7.24. The Morgan fingerprint density at radius 1 is 1.20 bits per heavy atom. The van der Waals surface area contributed by atoms with Crippen molar-refractivity contribution in [3.8, 4) is 0 Å². The smallest absolute Gasteiger partial charge is 0.409 e. The molecule has 1 fully saturated rings. The van der Waals surface area contributed by atoms with Crippen LogP contribution in [0.4, 0.5) is 4.79 Å². The van der Waals surface area contributed by atoms with Crippen molar-refractivity contribution in [1.82, 2.24) is 10.2 Å². The van der Waals surface area contributed by atoms with E-state index in [1.165, 1.54) is 12.8 Å². The van der Waals surface area contributed by atoms with Gasteiger partial charge in [0.25, 0.3) is 0 Å². The lowest BCUT2D eigenvalue weighted by atomic mass is 10.1. The van der Waals surface area contributed by atoms with Gasteiger partial charge in [-0.25, -0.2) is 4.79 Å². The topological polar surface area (TPSA) is 41.6 Å². The molecule has 1 aromatic rings. The molecule has 0 aromatic heterocycles. The van der Waals surface area contributed by atoms with E-state index in [9.17, 15) is 4.79 Å². The highest BCUT2D eigenvalue weighted by atomic mass is 16.6. The van der Waals surface area contributed by atoms with Crippen LogP contribution in [0, 0.1) is 0 Å². The Kier molecular flexibility index (Phi) is 4.65. The van der Waals surface area contributed by atoms with Crippen LogP contribution < -0.4 is 5.32 Å². The van der Waals surface area contributed by atoms with Gasteiger partial charge in [0.05, 0.1) is 0 Å². The Morgan fingerprint density at radius 3 is 2.35 bits per heavy atom. The summed E-state index contributed by atoms with van der Waals surface area (Å²) in [6.45, 7) is 7.64. The van der Waals surface area contributed by atoms with E-state index in [2.05, 4.69) is 10.2 Å². The number of nitrogens with one attached hydrogen (secondary N) is 1. The van der Waals surface area contributed by atoms with E-state index >= 15 is 0 Å². The Balaban J connectivity index is 2.09. The minimum absolute atomic E-state index is 0.103. The first-order chi connectivity index (χ1) is 9.46. The zero-order valence-corrected chi connectivity index (χ0v) is 12.6. The lowest BCUT2D eigenvalue weighted by Gasteiger charge is -2.30. The number of likely N-dealkylation sites (tertiary alicyclic amines) is 1. The monoisotopic (exact) mass is 276 g/mol. The first-order valence-corrected chi connectivity index (χ1v) is 7.24. The van der Waals surface area contributed by atoms with Crippen molar-refractivity contribution in [2.24, 2.45) is 0 Å². The first kappa shape index (κ1) is 14.9. The number of hydrogen-bond acceptors (Lipinski definition) is 3. The van der Waals surface area contributed by atoms with E-state index in [1.807, 2.05) is 51.1 Å². The molecular formula is C16H24N2O2. The van der Waals surface area contributed by atoms with Crippen LogP contribution in [0.2, 0.25) is 0 Å². The van der Waals surface area contributed by atoms with Crippen molar-refractivity contribution in [1.29, 1.82) is 0 Å². The van der Waals surface area contributed by atoms with Crippen molar-refractivity contribution in [3.05, 3.63) is 35.9 Å². The van der Waals surface area contributed by atoms with Gasteiger partial charge < -0.3 is 10.1 Å². The second-order valence-electron chi connectivity index (χ2n) is 6.20. The van der Waals surface area contributed by atoms with Crippen LogP contribution in [0.3, 0.4) is 0 Å². The number of alkyl carbamates (subject to hydrolysis) is 1. The molecule has 0 bridgehead atoms. The molecule has 1 aromatic carbocycles. The molecule has 2 rings (SSSR count). The van der Waals surface area contributed by atoms with Gasteiger partial charge in [-0.1, -0.05) is 30.3 Å². The predicted octanol–water partition coefficient (Wildman–Crippen LogP) is 3.31. The molecule has 1 aliphatic rings. The molecule has 0 radical (unpaired) electrons. The number of benzene rings is 1. The molecule has 1 amide bonds. The maximum atomic E-state index is 12.0. The SMILES string of the molecule is CC(C)(C)OC(=O)NC(c1ccccc1)N1CCCC1. The van der Waals surface area contributed by atoms with E-state index < -0.39 is 5.60 Å². The van der Waals surface area contributed by atoms with Crippen LogP contribution >= 0.6 is 0 Å². The van der Waals surface area contributed by atoms with Gasteiger partial charge in [0.2, 0.25) is 0 Å². The van der Waals surface area contributed by atoms with Crippen LogP contribution in [-0.2, 0) is 4.74 Å². The summed E-state index contributed by atoms with van der Waals surface area (Å²) in [7, 11) is 0. The summed E-state index contributed by atoms with van der Waals surface area (Å²) >= 11 is 0. The Labute approximate surface area is 121 Å². The Morgan fingerprint density at radius 2 is 1.80 bits per heavy atom. The van der Waals surface area contributed by atoms with Crippen molar-refractivity contribution in [2.45, 2.75) is 45.4 Å². The fourth-order valence-electron chi connectivity index (χ4n) is 2.44. The maximum Gasteiger partial charge on any atom is 0.409 e. The van der Waals surface area contributed by atoms with Gasteiger partial charge in [0, 0.05) is 13.1 Å². The third-order valence-corrected chi connectivity index (χ3v) is 3.27. The lowest BCUT2D eigenvalue weighted by Crippen LogP contribution is -2.42. The highest BCUT2D eigenvalue weighted by Gasteiger charge is 2.26. The summed E-state index contributed by atoms with van der Waals surface area (Å²) in [4.78, 5) is 14.3. The zero-order chi connectivity index (χ0) is 14.6. The molecule has 0 spiro atoms. The lowest BCUT2D eigenvalue weighted by molar-refractivity contribution is 0.0432. The molecule has 110 valence electrons. The minimum Gasteiger partial charge on any atom is -0.444 e. The summed E-state index contributed by atoms with van der Waals surface area (Å²) in [6.07, 6.45) is 1.89. The quantitative estimate of drug-likeness (QED) is 0.921. The largest absolute Gasteiger partial charge is 0.444 e. The van der Waals surface area contributed by atoms with Crippen molar-refractivity contribution < 1.29 is 9.53 Å². The molecule has 4 nitrogen and oxygen atoms in total. The summed E-state index contributed by atoms with van der Waals surface area (Å²) in [5.41, 5.74) is 0.622. The van der Waals surface area contributed by atoms with Crippen LogP contribution in [-0.4, -0.2) is 29.7 Å². The molecule has 0 saturated carbocycles. The number of hydrogen-bond donors (Lipinski definition) is 1. The zero-order valence-electron chi connectivity index (χ0n) is 12.6. The van der Waals surface area contributed by atoms with Crippen molar-refractivity contribution in [2.75, 3.05) is 13.1 Å². The second-order valence-corrected chi connectivity index (χ2v) is 6.20. The Bertz CT molecular complexity index is 434. The van der Waals surface area contributed by atoms with Gasteiger partial charge in [-0.15, -0.1) is 0 Å². The van der Waals surface area contributed by atoms with Crippen LogP contribution in [0.5, 0.6) is 0 Å². The van der Waals surface area contributed by atoms with E-state index in [-0.39, 0.29) is 12.3 Å². The maximum absolute atomic E-state index is 12.0. The molecule has 0 aliphatic carbocycles. The van der Waals surface area contributed by atoms with E-state index in [0.717, 1.165) is 18.7 Å². The molecule has 1 aliphatic heterocycles. The third-order valence-electron chi connectivity index (χ3n) is 3.27. The number of carbonyl (C=O) groups excluding carboxylic acids is 1. The van der Waals surface area contributed by atoms with Crippen LogP contribution in [0.1, 0.15) is 45.3 Å². The minimum atomic E-state index is -0.476. The van der Waals surface area contributed by atoms with Gasteiger partial charge in [-0.3, -0.25) is 4.90 Å². The van der Waals surface area contributed by atoms with Gasteiger partial charge in [0.1, 0.15) is 11.8 Å². The standard InChI is InChI=1S/C16H24N2O2/c1-16(2,3)20-15(19)17-14(18-11-7-8-12-18)13-9-5-4-6-10-13/h4-6,9-10,14H,7-8,11-12H2,1-3H3,(H,17,19). The molecule has 1 heterocycles. The van der Waals surface area contributed by atoms with Crippen molar-refractivity contribution in [3.63, 3.8) is 0 Å². The molecule has 20 heavy (non-hydrogen) atoms. The van der Waals surface area contributed by atoms with Crippen LogP contribution in [0.25, 0.3) is 0 Å². The van der Waals surface area contributed by atoms with Gasteiger partial charge >= 0.3 is 6.09 Å². The molecule has 4 heteroatoms. The Hall–Kier alpha value is -1.55. The number of carbonyl (C=O) groups is 1. The number of amides is 1. The predicted molar refractivity (Wildman–Crippen MR) is 79.4 cm³/mol.